The molecule has 3 aromatic heterocycles. The lowest BCUT2D eigenvalue weighted by Gasteiger charge is -2.31. The normalized spacial score (nSPS) is 16.7. The zero-order chi connectivity index (χ0) is 17.4. The summed E-state index contributed by atoms with van der Waals surface area (Å²) in [6, 6.07) is 3.76. The number of pyridine rings is 1. The zero-order valence-electron chi connectivity index (χ0n) is 14.7. The number of imidazole rings is 1. The summed E-state index contributed by atoms with van der Waals surface area (Å²) in [5, 5.41) is 1.15. The number of hydrogen-bond donors (Lipinski definition) is 1. The number of hydrogen-bond acceptors (Lipinski definition) is 5. The third-order valence-electron chi connectivity index (χ3n) is 5.04. The molecule has 0 amide bonds. The van der Waals surface area contributed by atoms with E-state index in [-0.39, 0.29) is 5.69 Å². The fraction of sp³-hybridized carbons (Fsp3) is 0.500. The van der Waals surface area contributed by atoms with Crippen molar-refractivity contribution < 1.29 is 0 Å². The van der Waals surface area contributed by atoms with E-state index < -0.39 is 0 Å². The van der Waals surface area contributed by atoms with Crippen molar-refractivity contribution in [2.24, 2.45) is 5.92 Å². The van der Waals surface area contributed by atoms with Crippen LogP contribution in [-0.4, -0.2) is 37.5 Å². The molecule has 6 nitrogen and oxygen atoms in total. The Morgan fingerprint density at radius 3 is 2.84 bits per heavy atom. The van der Waals surface area contributed by atoms with Crippen molar-refractivity contribution in [3.63, 3.8) is 0 Å². The average Bonchev–Trinajstić information content (AvgIpc) is 3.08. The molecule has 1 fully saturated rings. The molecule has 3 aromatic rings. The molecule has 4 heterocycles. The molecule has 25 heavy (non-hydrogen) atoms. The van der Waals surface area contributed by atoms with Crippen LogP contribution in [0, 0.1) is 19.8 Å². The number of piperidine rings is 1. The molecule has 0 unspecified atom stereocenters. The van der Waals surface area contributed by atoms with Gasteiger partial charge in [-0.25, -0.2) is 14.8 Å². The fourth-order valence-electron chi connectivity index (χ4n) is 3.67. The second kappa shape index (κ2) is 6.72. The van der Waals surface area contributed by atoms with Crippen molar-refractivity contribution in [1.29, 1.82) is 0 Å². The summed E-state index contributed by atoms with van der Waals surface area (Å²) in [4.78, 5) is 27.9. The first kappa shape index (κ1) is 16.5. The lowest BCUT2D eigenvalue weighted by Crippen LogP contribution is -2.35. The van der Waals surface area contributed by atoms with Gasteiger partial charge in [-0.2, -0.15) is 0 Å². The third-order valence-corrected chi connectivity index (χ3v) is 6.10. The molecule has 4 rings (SSSR count). The van der Waals surface area contributed by atoms with Crippen molar-refractivity contribution in [3.05, 3.63) is 44.4 Å². The molecular formula is C18H23N5OS. The summed E-state index contributed by atoms with van der Waals surface area (Å²) in [5.41, 5.74) is 2.71. The minimum atomic E-state index is -0.0492. The number of aromatic nitrogens is 4. The van der Waals surface area contributed by atoms with E-state index in [4.69, 9.17) is 0 Å². The van der Waals surface area contributed by atoms with E-state index in [1.165, 1.54) is 10.6 Å². The van der Waals surface area contributed by atoms with E-state index in [9.17, 15) is 4.79 Å². The summed E-state index contributed by atoms with van der Waals surface area (Å²) >= 11 is 1.81. The van der Waals surface area contributed by atoms with Gasteiger partial charge < -0.3 is 4.98 Å². The van der Waals surface area contributed by atoms with Gasteiger partial charge in [-0.05, 0) is 57.8 Å². The summed E-state index contributed by atoms with van der Waals surface area (Å²) < 4.78 is 1.80. The first-order valence-corrected chi connectivity index (χ1v) is 9.60. The second-order valence-corrected chi connectivity index (χ2v) is 8.16. The molecule has 7 heteroatoms. The first-order valence-electron chi connectivity index (χ1n) is 8.79. The molecule has 132 valence electrons. The molecule has 1 aliphatic heterocycles. The summed E-state index contributed by atoms with van der Waals surface area (Å²) in [6.45, 7) is 8.07. The molecule has 0 atom stereocenters. The van der Waals surface area contributed by atoms with Crippen molar-refractivity contribution >= 4 is 22.5 Å². The maximum absolute atomic E-state index is 12.2. The number of nitrogens with zero attached hydrogens (tertiary/aromatic N) is 4. The molecule has 0 spiro atoms. The Balaban J connectivity index is 1.39. The van der Waals surface area contributed by atoms with Gasteiger partial charge >= 0.3 is 5.69 Å². The number of fused-ring (bicyclic) bond motifs is 1. The lowest BCUT2D eigenvalue weighted by atomic mass is 9.96. The first-order chi connectivity index (χ1) is 12.1. The smallest absolute Gasteiger partial charge is 0.304 e. The number of H-pyrrole nitrogens is 1. The van der Waals surface area contributed by atoms with Gasteiger partial charge in [0.1, 0.15) is 0 Å². The van der Waals surface area contributed by atoms with E-state index in [0.29, 0.717) is 5.92 Å². The number of thiazole rings is 1. The largest absolute Gasteiger partial charge is 0.327 e. The predicted molar refractivity (Wildman–Crippen MR) is 99.9 cm³/mol. The fourth-order valence-corrected chi connectivity index (χ4v) is 4.65. The summed E-state index contributed by atoms with van der Waals surface area (Å²) in [6.07, 6.45) is 3.97. The molecule has 1 saturated heterocycles. The Labute approximate surface area is 150 Å². The number of aromatic amines is 1. The van der Waals surface area contributed by atoms with Gasteiger partial charge in [-0.15, -0.1) is 11.3 Å². The van der Waals surface area contributed by atoms with Crippen molar-refractivity contribution in [1.82, 2.24) is 24.4 Å². The van der Waals surface area contributed by atoms with Crippen molar-refractivity contribution in [2.75, 3.05) is 13.1 Å². The molecule has 0 bridgehead atoms. The van der Waals surface area contributed by atoms with Gasteiger partial charge in [0.25, 0.3) is 0 Å². The molecule has 0 aliphatic carbocycles. The zero-order valence-corrected chi connectivity index (χ0v) is 15.5. The van der Waals surface area contributed by atoms with Crippen LogP contribution in [0.1, 0.15) is 28.4 Å². The Kier molecular flexibility index (Phi) is 4.43. The van der Waals surface area contributed by atoms with Crippen LogP contribution >= 0.6 is 11.3 Å². The SMILES string of the molecule is Cc1nc(C)c(CN2CCC(Cn3c(=O)[nH]c4cccnc43)CC2)s1. The number of likely N-dealkylation sites (tertiary alicyclic amines) is 1. The van der Waals surface area contributed by atoms with Crippen LogP contribution in [0.2, 0.25) is 0 Å². The minimum absolute atomic E-state index is 0.0492. The lowest BCUT2D eigenvalue weighted by molar-refractivity contribution is 0.168. The molecular weight excluding hydrogens is 334 g/mol. The third kappa shape index (κ3) is 3.39. The Hall–Kier alpha value is -1.99. The topological polar surface area (TPSA) is 66.8 Å². The molecule has 0 radical (unpaired) electrons. The Morgan fingerprint density at radius 2 is 2.12 bits per heavy atom. The van der Waals surface area contributed by atoms with Crippen molar-refractivity contribution in [2.45, 2.75) is 39.8 Å². The maximum Gasteiger partial charge on any atom is 0.327 e. The highest BCUT2D eigenvalue weighted by Crippen LogP contribution is 2.24. The summed E-state index contributed by atoms with van der Waals surface area (Å²) in [5.74, 6) is 0.527. The van der Waals surface area contributed by atoms with Crippen LogP contribution in [0.25, 0.3) is 11.2 Å². The minimum Gasteiger partial charge on any atom is -0.304 e. The Bertz CT molecular complexity index is 932. The van der Waals surface area contributed by atoms with Gasteiger partial charge in [0, 0.05) is 24.2 Å². The molecule has 1 N–H and O–H groups in total. The van der Waals surface area contributed by atoms with Crippen LogP contribution in [0.15, 0.2) is 23.1 Å². The van der Waals surface area contributed by atoms with Gasteiger partial charge in [0.15, 0.2) is 5.65 Å². The van der Waals surface area contributed by atoms with Gasteiger partial charge in [0.05, 0.1) is 16.2 Å². The quantitative estimate of drug-likeness (QED) is 0.780. The van der Waals surface area contributed by atoms with Crippen molar-refractivity contribution in [3.8, 4) is 0 Å². The van der Waals surface area contributed by atoms with Crippen LogP contribution in [0.5, 0.6) is 0 Å². The van der Waals surface area contributed by atoms with E-state index in [0.717, 1.165) is 55.2 Å². The van der Waals surface area contributed by atoms with Crippen LogP contribution in [-0.2, 0) is 13.1 Å². The predicted octanol–water partition coefficient (Wildman–Crippen LogP) is 2.71. The van der Waals surface area contributed by atoms with E-state index in [1.807, 2.05) is 12.1 Å². The van der Waals surface area contributed by atoms with Crippen LogP contribution < -0.4 is 5.69 Å². The standard InChI is InChI=1S/C18H23N5OS/c1-12-16(25-13(2)20-12)11-22-8-5-14(6-9-22)10-23-17-15(21-18(23)24)4-3-7-19-17/h3-4,7,14H,5-6,8-11H2,1-2H3,(H,21,24). The number of nitrogens with one attached hydrogen (secondary N) is 1. The number of aryl methyl sites for hydroxylation is 2. The molecule has 1 aliphatic rings. The van der Waals surface area contributed by atoms with Gasteiger partial charge in [-0.3, -0.25) is 9.47 Å². The van der Waals surface area contributed by atoms with E-state index in [2.05, 4.69) is 33.7 Å². The van der Waals surface area contributed by atoms with E-state index in [1.54, 1.807) is 22.1 Å². The molecule has 0 saturated carbocycles. The van der Waals surface area contributed by atoms with Crippen LogP contribution in [0.3, 0.4) is 0 Å². The number of rotatable bonds is 4. The van der Waals surface area contributed by atoms with Crippen LogP contribution in [0.4, 0.5) is 0 Å². The van der Waals surface area contributed by atoms with E-state index >= 15 is 0 Å². The molecule has 0 aromatic carbocycles. The monoisotopic (exact) mass is 357 g/mol. The van der Waals surface area contributed by atoms with Gasteiger partial charge in [0.2, 0.25) is 0 Å². The Morgan fingerprint density at radius 1 is 1.32 bits per heavy atom. The highest BCUT2D eigenvalue weighted by Gasteiger charge is 2.22. The highest BCUT2D eigenvalue weighted by atomic mass is 32.1. The second-order valence-electron chi connectivity index (χ2n) is 6.88. The maximum atomic E-state index is 12.2. The average molecular weight is 357 g/mol. The van der Waals surface area contributed by atoms with Gasteiger partial charge in [-0.1, -0.05) is 0 Å². The summed E-state index contributed by atoms with van der Waals surface area (Å²) in [7, 11) is 0. The highest BCUT2D eigenvalue weighted by molar-refractivity contribution is 7.11.